The van der Waals surface area contributed by atoms with E-state index in [2.05, 4.69) is 0 Å². The van der Waals surface area contributed by atoms with Crippen molar-refractivity contribution >= 4 is 23.8 Å². The zero-order valence-electron chi connectivity index (χ0n) is 28.2. The number of carboxylic acid groups (broad SMARTS) is 1. The lowest BCUT2D eigenvalue weighted by atomic mass is 9.83. The van der Waals surface area contributed by atoms with E-state index in [1.54, 1.807) is 40.1 Å². The minimum Gasteiger partial charge on any atom is -0.491 e. The standard InChI is InChI=1S/C37H48F2N2O7/c1-37(2,3)48-36(46)40-16-12-25(13-17-40)6-11-34(43)41-15-4-5-27(24-41)33(42)22-30(23-35(44)45)29-19-28(20-31(39)21-29)26-7-9-32(10-8-26)47-18-14-38/h7-10,19-21,25,27,30H,4-6,11-18,22-24H2,1-3H3,(H,44,45)/t27-,30?/m1/s1. The first-order valence-corrected chi connectivity index (χ1v) is 16.9. The smallest absolute Gasteiger partial charge is 0.410 e. The highest BCUT2D eigenvalue weighted by molar-refractivity contribution is 5.84. The number of ether oxygens (including phenoxy) is 2. The van der Waals surface area contributed by atoms with Gasteiger partial charge in [0.05, 0.1) is 6.42 Å². The summed E-state index contributed by atoms with van der Waals surface area (Å²) in [6, 6.07) is 11.1. The van der Waals surface area contributed by atoms with Gasteiger partial charge in [0.15, 0.2) is 0 Å². The van der Waals surface area contributed by atoms with Crippen molar-refractivity contribution in [2.24, 2.45) is 11.8 Å². The van der Waals surface area contributed by atoms with Gasteiger partial charge >= 0.3 is 12.1 Å². The molecule has 2 atom stereocenters. The largest absolute Gasteiger partial charge is 0.491 e. The summed E-state index contributed by atoms with van der Waals surface area (Å²) >= 11 is 0. The summed E-state index contributed by atoms with van der Waals surface area (Å²) in [7, 11) is 0. The Labute approximate surface area is 281 Å². The molecular weight excluding hydrogens is 622 g/mol. The van der Waals surface area contributed by atoms with Crippen LogP contribution in [0.2, 0.25) is 0 Å². The van der Waals surface area contributed by atoms with Crippen molar-refractivity contribution in [1.29, 1.82) is 0 Å². The molecule has 0 radical (unpaired) electrons. The number of carboxylic acids is 1. The van der Waals surface area contributed by atoms with Gasteiger partial charge in [-0.3, -0.25) is 14.4 Å². The Morgan fingerprint density at radius 3 is 2.29 bits per heavy atom. The Hall–Kier alpha value is -4.02. The number of likely N-dealkylation sites (tertiary alicyclic amines) is 2. The van der Waals surface area contributed by atoms with E-state index >= 15 is 0 Å². The van der Waals surface area contributed by atoms with Crippen LogP contribution in [0.4, 0.5) is 13.6 Å². The van der Waals surface area contributed by atoms with Crippen LogP contribution in [-0.4, -0.2) is 83.7 Å². The maximum absolute atomic E-state index is 14.8. The maximum atomic E-state index is 14.8. The van der Waals surface area contributed by atoms with Crippen LogP contribution >= 0.6 is 0 Å². The number of hydrogen-bond acceptors (Lipinski definition) is 6. The first kappa shape index (κ1) is 36.8. The SMILES string of the molecule is CC(C)(C)OC(=O)N1CCC(CCC(=O)N2CCC[C@@H](C(=O)CC(CC(=O)O)c3cc(F)cc(-c4ccc(OCCF)cc4)c3)C2)CC1. The minimum atomic E-state index is -1.09. The number of ketones is 1. The van der Waals surface area contributed by atoms with E-state index in [4.69, 9.17) is 9.47 Å². The molecule has 2 aromatic carbocycles. The Morgan fingerprint density at radius 1 is 0.938 bits per heavy atom. The van der Waals surface area contributed by atoms with E-state index in [9.17, 15) is 33.1 Å². The number of benzene rings is 2. The molecular formula is C37H48F2N2O7. The molecule has 0 saturated carbocycles. The number of piperidine rings is 2. The molecule has 1 N–H and O–H groups in total. The van der Waals surface area contributed by atoms with Crippen LogP contribution in [0.3, 0.4) is 0 Å². The predicted molar refractivity (Wildman–Crippen MR) is 177 cm³/mol. The van der Waals surface area contributed by atoms with E-state index in [-0.39, 0.29) is 37.2 Å². The van der Waals surface area contributed by atoms with Crippen LogP contribution in [0, 0.1) is 17.7 Å². The van der Waals surface area contributed by atoms with Crippen molar-refractivity contribution in [1.82, 2.24) is 9.80 Å². The molecule has 262 valence electrons. The molecule has 0 bridgehead atoms. The third-order valence-electron chi connectivity index (χ3n) is 9.06. The average molecular weight is 671 g/mol. The molecule has 2 fully saturated rings. The normalized spacial score (nSPS) is 17.9. The minimum absolute atomic E-state index is 0.0000396. The molecule has 0 aromatic heterocycles. The highest BCUT2D eigenvalue weighted by atomic mass is 19.1. The second kappa shape index (κ2) is 16.9. The number of rotatable bonds is 13. The van der Waals surface area contributed by atoms with Gasteiger partial charge in [-0.05, 0) is 99.7 Å². The van der Waals surface area contributed by atoms with Gasteiger partial charge in [-0.25, -0.2) is 13.6 Å². The summed E-state index contributed by atoms with van der Waals surface area (Å²) in [5.41, 5.74) is 1.06. The molecule has 11 heteroatoms. The Balaban J connectivity index is 1.33. The van der Waals surface area contributed by atoms with E-state index < -0.39 is 35.9 Å². The van der Waals surface area contributed by atoms with Gasteiger partial charge in [-0.2, -0.15) is 0 Å². The molecule has 1 unspecified atom stereocenters. The molecule has 2 amide bonds. The fourth-order valence-corrected chi connectivity index (χ4v) is 6.53. The zero-order chi connectivity index (χ0) is 34.8. The molecule has 0 spiro atoms. The van der Waals surface area contributed by atoms with Crippen molar-refractivity contribution < 1.29 is 42.5 Å². The van der Waals surface area contributed by atoms with Gasteiger partial charge in [0.25, 0.3) is 0 Å². The first-order chi connectivity index (χ1) is 22.8. The molecule has 2 heterocycles. The third-order valence-corrected chi connectivity index (χ3v) is 9.06. The van der Waals surface area contributed by atoms with Gasteiger partial charge < -0.3 is 24.4 Å². The Morgan fingerprint density at radius 2 is 1.65 bits per heavy atom. The number of amides is 2. The van der Waals surface area contributed by atoms with Crippen LogP contribution in [-0.2, 0) is 19.1 Å². The second-order valence-electron chi connectivity index (χ2n) is 13.9. The number of carbonyl (C=O) groups excluding carboxylic acids is 3. The van der Waals surface area contributed by atoms with Gasteiger partial charge in [-0.15, -0.1) is 0 Å². The van der Waals surface area contributed by atoms with Gasteiger partial charge in [-0.1, -0.05) is 18.2 Å². The van der Waals surface area contributed by atoms with Crippen LogP contribution in [0.15, 0.2) is 42.5 Å². The molecule has 48 heavy (non-hydrogen) atoms. The van der Waals surface area contributed by atoms with Crippen molar-refractivity contribution in [3.05, 3.63) is 53.8 Å². The van der Waals surface area contributed by atoms with Crippen LogP contribution in [0.5, 0.6) is 5.75 Å². The van der Waals surface area contributed by atoms with E-state index in [1.165, 1.54) is 12.1 Å². The van der Waals surface area contributed by atoms with Gasteiger partial charge in [0, 0.05) is 50.9 Å². The number of hydrogen-bond donors (Lipinski definition) is 1. The van der Waals surface area contributed by atoms with E-state index in [1.807, 2.05) is 20.8 Å². The van der Waals surface area contributed by atoms with Crippen LogP contribution in [0.1, 0.15) is 83.6 Å². The molecule has 2 saturated heterocycles. The van der Waals surface area contributed by atoms with Crippen molar-refractivity contribution in [2.75, 3.05) is 39.5 Å². The molecule has 9 nitrogen and oxygen atoms in total. The molecule has 2 aliphatic rings. The van der Waals surface area contributed by atoms with E-state index in [0.717, 1.165) is 12.8 Å². The van der Waals surface area contributed by atoms with Crippen LogP contribution in [0.25, 0.3) is 11.1 Å². The zero-order valence-corrected chi connectivity index (χ0v) is 28.2. The average Bonchev–Trinajstić information content (AvgIpc) is 3.05. The lowest BCUT2D eigenvalue weighted by Gasteiger charge is -2.35. The molecule has 0 aliphatic carbocycles. The predicted octanol–water partition coefficient (Wildman–Crippen LogP) is 7.02. The van der Waals surface area contributed by atoms with Gasteiger partial charge in [0.2, 0.25) is 5.91 Å². The summed E-state index contributed by atoms with van der Waals surface area (Å²) < 4.78 is 38.0. The fourth-order valence-electron chi connectivity index (χ4n) is 6.53. The lowest BCUT2D eigenvalue weighted by Crippen LogP contribution is -2.43. The van der Waals surface area contributed by atoms with Gasteiger partial charge in [0.1, 0.15) is 36.2 Å². The lowest BCUT2D eigenvalue weighted by molar-refractivity contribution is -0.137. The van der Waals surface area contributed by atoms with Crippen molar-refractivity contribution in [3.8, 4) is 16.9 Å². The summed E-state index contributed by atoms with van der Waals surface area (Å²) in [4.78, 5) is 54.4. The Kier molecular flexibility index (Phi) is 12.9. The number of nitrogens with zero attached hydrogens (tertiary/aromatic N) is 2. The topological polar surface area (TPSA) is 113 Å². The molecule has 2 aliphatic heterocycles. The number of halogens is 2. The summed E-state index contributed by atoms with van der Waals surface area (Å²) in [5, 5.41) is 9.67. The van der Waals surface area contributed by atoms with Crippen molar-refractivity contribution in [3.63, 3.8) is 0 Å². The first-order valence-electron chi connectivity index (χ1n) is 16.9. The second-order valence-corrected chi connectivity index (χ2v) is 13.9. The number of aliphatic carboxylic acids is 1. The third kappa shape index (κ3) is 11.0. The Bertz CT molecular complexity index is 1420. The summed E-state index contributed by atoms with van der Waals surface area (Å²) in [6.07, 6.45) is 3.26. The van der Waals surface area contributed by atoms with Crippen LogP contribution < -0.4 is 4.74 Å². The summed E-state index contributed by atoms with van der Waals surface area (Å²) in [5.74, 6) is -2.12. The van der Waals surface area contributed by atoms with E-state index in [0.29, 0.717) is 80.2 Å². The summed E-state index contributed by atoms with van der Waals surface area (Å²) in [6.45, 7) is 6.90. The highest BCUT2D eigenvalue weighted by Gasteiger charge is 2.32. The number of carbonyl (C=O) groups is 4. The monoisotopic (exact) mass is 670 g/mol. The number of alkyl halides is 1. The quantitative estimate of drug-likeness (QED) is 0.244. The van der Waals surface area contributed by atoms with Crippen molar-refractivity contribution in [2.45, 2.75) is 83.7 Å². The fraction of sp³-hybridized carbons (Fsp3) is 0.568. The molecule has 2 aromatic rings. The molecule has 4 rings (SSSR count). The highest BCUT2D eigenvalue weighted by Crippen LogP contribution is 2.33. The maximum Gasteiger partial charge on any atom is 0.410 e. The number of Topliss-reactive ketones (excluding diaryl/α,β-unsaturated/α-hetero) is 1.